The van der Waals surface area contributed by atoms with Gasteiger partial charge in [-0.05, 0) is 24.6 Å². The molecule has 0 heterocycles. The SMILES string of the molecule is Cc1ccc(F)cc1C=NO. The van der Waals surface area contributed by atoms with Crippen LogP contribution in [0.3, 0.4) is 0 Å². The Labute approximate surface area is 64.0 Å². The van der Waals surface area contributed by atoms with Crippen molar-refractivity contribution >= 4 is 6.21 Å². The first-order chi connectivity index (χ1) is 5.24. The molecule has 3 heteroatoms. The van der Waals surface area contributed by atoms with Crippen molar-refractivity contribution in [3.8, 4) is 0 Å². The van der Waals surface area contributed by atoms with Crippen LogP contribution < -0.4 is 0 Å². The molecule has 1 aromatic carbocycles. The number of oxime groups is 1. The zero-order valence-corrected chi connectivity index (χ0v) is 6.08. The lowest BCUT2D eigenvalue weighted by atomic mass is 10.1. The van der Waals surface area contributed by atoms with E-state index < -0.39 is 0 Å². The molecule has 0 aromatic heterocycles. The molecule has 0 atom stereocenters. The van der Waals surface area contributed by atoms with E-state index >= 15 is 0 Å². The van der Waals surface area contributed by atoms with Gasteiger partial charge in [0.05, 0.1) is 6.21 Å². The first kappa shape index (κ1) is 7.72. The second-order valence-corrected chi connectivity index (χ2v) is 2.25. The lowest BCUT2D eigenvalue weighted by Gasteiger charge is -1.96. The molecule has 0 aliphatic heterocycles. The number of benzene rings is 1. The summed E-state index contributed by atoms with van der Waals surface area (Å²) in [5.74, 6) is -0.328. The number of aryl methyl sites for hydroxylation is 1. The lowest BCUT2D eigenvalue weighted by Crippen LogP contribution is -1.87. The van der Waals surface area contributed by atoms with Gasteiger partial charge in [-0.25, -0.2) is 4.39 Å². The highest BCUT2D eigenvalue weighted by atomic mass is 19.1. The van der Waals surface area contributed by atoms with Crippen LogP contribution >= 0.6 is 0 Å². The van der Waals surface area contributed by atoms with E-state index in [0.29, 0.717) is 5.56 Å². The van der Waals surface area contributed by atoms with Crippen LogP contribution in [-0.2, 0) is 0 Å². The third kappa shape index (κ3) is 1.77. The van der Waals surface area contributed by atoms with Gasteiger partial charge in [0.25, 0.3) is 0 Å². The van der Waals surface area contributed by atoms with Gasteiger partial charge in [-0.15, -0.1) is 0 Å². The van der Waals surface area contributed by atoms with Gasteiger partial charge in [0.2, 0.25) is 0 Å². The Morgan fingerprint density at radius 3 is 2.91 bits per heavy atom. The number of rotatable bonds is 1. The van der Waals surface area contributed by atoms with E-state index in [0.717, 1.165) is 5.56 Å². The summed E-state index contributed by atoms with van der Waals surface area (Å²) in [5.41, 5.74) is 1.47. The monoisotopic (exact) mass is 153 g/mol. The van der Waals surface area contributed by atoms with Crippen LogP contribution in [-0.4, -0.2) is 11.4 Å². The molecule has 0 spiro atoms. The van der Waals surface area contributed by atoms with Crippen LogP contribution in [0.5, 0.6) is 0 Å². The molecule has 0 bridgehead atoms. The molecule has 0 radical (unpaired) electrons. The molecule has 0 amide bonds. The molecule has 1 N–H and O–H groups in total. The highest BCUT2D eigenvalue weighted by Crippen LogP contribution is 2.07. The van der Waals surface area contributed by atoms with Crippen molar-refractivity contribution < 1.29 is 9.60 Å². The van der Waals surface area contributed by atoms with Crippen molar-refractivity contribution in [2.45, 2.75) is 6.92 Å². The summed E-state index contributed by atoms with van der Waals surface area (Å²) in [6.45, 7) is 1.82. The first-order valence-electron chi connectivity index (χ1n) is 3.17. The molecular formula is C8H8FNO. The average molecular weight is 153 g/mol. The standard InChI is InChI=1S/C8H8FNO/c1-6-2-3-8(9)4-7(6)5-10-11/h2-5,11H,1H3. The van der Waals surface area contributed by atoms with Crippen LogP contribution in [0, 0.1) is 12.7 Å². The van der Waals surface area contributed by atoms with E-state index in [-0.39, 0.29) is 5.82 Å². The molecule has 1 aromatic rings. The number of hydrogen-bond acceptors (Lipinski definition) is 2. The van der Waals surface area contributed by atoms with Gasteiger partial charge >= 0.3 is 0 Å². The van der Waals surface area contributed by atoms with E-state index in [4.69, 9.17) is 5.21 Å². The van der Waals surface area contributed by atoms with E-state index in [1.54, 1.807) is 6.07 Å². The molecular weight excluding hydrogens is 145 g/mol. The highest BCUT2D eigenvalue weighted by molar-refractivity contribution is 5.80. The Balaban J connectivity index is 3.12. The predicted octanol–water partition coefficient (Wildman–Crippen LogP) is 1.94. The summed E-state index contributed by atoms with van der Waals surface area (Å²) in [6.07, 6.45) is 1.21. The van der Waals surface area contributed by atoms with Crippen molar-refractivity contribution in [1.29, 1.82) is 0 Å². The molecule has 58 valence electrons. The predicted molar refractivity (Wildman–Crippen MR) is 40.5 cm³/mol. The smallest absolute Gasteiger partial charge is 0.123 e. The first-order valence-corrected chi connectivity index (χ1v) is 3.17. The number of halogens is 1. The molecule has 0 aliphatic carbocycles. The van der Waals surface area contributed by atoms with Gasteiger partial charge in [0.1, 0.15) is 5.82 Å². The Morgan fingerprint density at radius 1 is 1.55 bits per heavy atom. The fraction of sp³-hybridized carbons (Fsp3) is 0.125. The minimum absolute atomic E-state index is 0.328. The summed E-state index contributed by atoms with van der Waals surface area (Å²) in [6, 6.07) is 4.31. The van der Waals surface area contributed by atoms with Crippen molar-refractivity contribution in [3.05, 3.63) is 35.1 Å². The lowest BCUT2D eigenvalue weighted by molar-refractivity contribution is 0.322. The Hall–Kier alpha value is -1.38. The normalized spacial score (nSPS) is 10.7. The molecule has 11 heavy (non-hydrogen) atoms. The van der Waals surface area contributed by atoms with Gasteiger partial charge in [0, 0.05) is 5.56 Å². The molecule has 2 nitrogen and oxygen atoms in total. The van der Waals surface area contributed by atoms with Gasteiger partial charge in [-0.1, -0.05) is 11.2 Å². The maximum atomic E-state index is 12.5. The molecule has 0 fully saturated rings. The third-order valence-corrected chi connectivity index (χ3v) is 1.44. The zero-order chi connectivity index (χ0) is 8.27. The highest BCUT2D eigenvalue weighted by Gasteiger charge is 1.96. The zero-order valence-electron chi connectivity index (χ0n) is 6.08. The summed E-state index contributed by atoms with van der Waals surface area (Å²) in [5, 5.41) is 11.0. The molecule has 0 unspecified atom stereocenters. The number of nitrogens with zero attached hydrogens (tertiary/aromatic N) is 1. The molecule has 1 rings (SSSR count). The largest absolute Gasteiger partial charge is 0.411 e. The second kappa shape index (κ2) is 3.14. The van der Waals surface area contributed by atoms with Gasteiger partial charge in [-0.2, -0.15) is 0 Å². The van der Waals surface area contributed by atoms with Gasteiger partial charge < -0.3 is 5.21 Å². The summed E-state index contributed by atoms with van der Waals surface area (Å²) in [7, 11) is 0. The molecule has 0 aliphatic rings. The van der Waals surface area contributed by atoms with Crippen LogP contribution in [0.4, 0.5) is 4.39 Å². The van der Waals surface area contributed by atoms with Crippen LogP contribution in [0.15, 0.2) is 23.4 Å². The topological polar surface area (TPSA) is 32.6 Å². The minimum atomic E-state index is -0.328. The Morgan fingerprint density at radius 2 is 2.27 bits per heavy atom. The second-order valence-electron chi connectivity index (χ2n) is 2.25. The molecule has 0 saturated heterocycles. The van der Waals surface area contributed by atoms with Crippen molar-refractivity contribution in [1.82, 2.24) is 0 Å². The third-order valence-electron chi connectivity index (χ3n) is 1.44. The van der Waals surface area contributed by atoms with Crippen molar-refractivity contribution in [2.75, 3.05) is 0 Å². The van der Waals surface area contributed by atoms with Gasteiger partial charge in [-0.3, -0.25) is 0 Å². The van der Waals surface area contributed by atoms with E-state index in [2.05, 4.69) is 5.16 Å². The summed E-state index contributed by atoms with van der Waals surface area (Å²) < 4.78 is 12.5. The van der Waals surface area contributed by atoms with E-state index in [1.165, 1.54) is 18.3 Å². The van der Waals surface area contributed by atoms with E-state index in [1.807, 2.05) is 6.92 Å². The fourth-order valence-electron chi connectivity index (χ4n) is 0.813. The average Bonchev–Trinajstić information content (AvgIpc) is 1.98. The maximum absolute atomic E-state index is 12.5. The van der Waals surface area contributed by atoms with Gasteiger partial charge in [0.15, 0.2) is 0 Å². The Bertz CT molecular complexity index is 283. The van der Waals surface area contributed by atoms with E-state index in [9.17, 15) is 4.39 Å². The maximum Gasteiger partial charge on any atom is 0.123 e. The minimum Gasteiger partial charge on any atom is -0.411 e. The summed E-state index contributed by atoms with van der Waals surface area (Å²) in [4.78, 5) is 0. The Kier molecular flexibility index (Phi) is 2.21. The van der Waals surface area contributed by atoms with Crippen LogP contribution in [0.25, 0.3) is 0 Å². The quantitative estimate of drug-likeness (QED) is 0.373. The van der Waals surface area contributed by atoms with Crippen LogP contribution in [0.1, 0.15) is 11.1 Å². The summed E-state index contributed by atoms with van der Waals surface area (Å²) >= 11 is 0. The number of hydrogen-bond donors (Lipinski definition) is 1. The van der Waals surface area contributed by atoms with Crippen LogP contribution in [0.2, 0.25) is 0 Å². The van der Waals surface area contributed by atoms with Crippen molar-refractivity contribution in [2.24, 2.45) is 5.16 Å². The van der Waals surface area contributed by atoms with Crippen molar-refractivity contribution in [3.63, 3.8) is 0 Å². The molecule has 0 saturated carbocycles. The fourth-order valence-corrected chi connectivity index (χ4v) is 0.813.